The largest absolute Gasteiger partial charge is 0.480 e. The summed E-state index contributed by atoms with van der Waals surface area (Å²) in [5.74, 6) is -1.58. The number of nitrogens with zero attached hydrogens (tertiary/aromatic N) is 2. The predicted octanol–water partition coefficient (Wildman–Crippen LogP) is 2.87. The maximum atomic E-state index is 13.0. The molecule has 1 heterocycles. The lowest BCUT2D eigenvalue weighted by molar-refractivity contribution is -0.149. The second-order valence-electron chi connectivity index (χ2n) is 7.58. The summed E-state index contributed by atoms with van der Waals surface area (Å²) in [4.78, 5) is 40.2. The molecular weight excluding hydrogens is 344 g/mol. The molecule has 2 unspecified atom stereocenters. The molecule has 1 fully saturated rings. The van der Waals surface area contributed by atoms with Gasteiger partial charge in [-0.2, -0.15) is 0 Å². The second-order valence-corrected chi connectivity index (χ2v) is 7.58. The van der Waals surface area contributed by atoms with Gasteiger partial charge in [0.1, 0.15) is 6.54 Å². The van der Waals surface area contributed by atoms with Crippen LogP contribution in [0.4, 0.5) is 0 Å². The van der Waals surface area contributed by atoms with E-state index in [-0.39, 0.29) is 30.3 Å². The smallest absolute Gasteiger partial charge is 0.323 e. The Morgan fingerprint density at radius 2 is 1.85 bits per heavy atom. The molecule has 1 saturated heterocycles. The van der Waals surface area contributed by atoms with Gasteiger partial charge < -0.3 is 14.9 Å². The van der Waals surface area contributed by atoms with E-state index in [2.05, 4.69) is 0 Å². The highest BCUT2D eigenvalue weighted by Crippen LogP contribution is 2.23. The van der Waals surface area contributed by atoms with Crippen LogP contribution in [0.15, 0.2) is 18.2 Å². The lowest BCUT2D eigenvalue weighted by Crippen LogP contribution is -2.50. The Hall–Kier alpha value is -2.37. The number of aryl methyl sites for hydroxylation is 2. The van der Waals surface area contributed by atoms with Crippen LogP contribution in [0.2, 0.25) is 0 Å². The first-order valence-corrected chi connectivity index (χ1v) is 9.62. The summed E-state index contributed by atoms with van der Waals surface area (Å²) in [6.45, 7) is 8.39. The van der Waals surface area contributed by atoms with Gasteiger partial charge in [-0.05, 0) is 52.2 Å². The average molecular weight is 374 g/mol. The van der Waals surface area contributed by atoms with Crippen LogP contribution >= 0.6 is 0 Å². The molecule has 6 heteroatoms. The number of rotatable bonds is 6. The molecule has 1 N–H and O–H groups in total. The SMILES string of the molecule is CCC(C)N(CC(=O)O)C(=O)C1CCCN(C(=O)c2cc(C)cc(C)c2)C1. The Morgan fingerprint density at radius 1 is 1.22 bits per heavy atom. The standard InChI is InChI=1S/C21H30N2O4/c1-5-16(4)23(13-19(24)25)21(27)17-7-6-8-22(12-17)20(26)18-10-14(2)9-15(3)11-18/h9-11,16-17H,5-8,12-13H2,1-4H3,(H,24,25). The zero-order valence-corrected chi connectivity index (χ0v) is 16.7. The maximum Gasteiger partial charge on any atom is 0.323 e. The van der Waals surface area contributed by atoms with E-state index in [1.54, 1.807) is 4.90 Å². The summed E-state index contributed by atoms with van der Waals surface area (Å²) in [5.41, 5.74) is 2.71. The monoisotopic (exact) mass is 374 g/mol. The first-order chi connectivity index (χ1) is 12.7. The summed E-state index contributed by atoms with van der Waals surface area (Å²) >= 11 is 0. The summed E-state index contributed by atoms with van der Waals surface area (Å²) < 4.78 is 0. The second kappa shape index (κ2) is 9.02. The summed E-state index contributed by atoms with van der Waals surface area (Å²) in [5, 5.41) is 9.16. The number of aliphatic carboxylic acids is 1. The molecule has 2 rings (SSSR count). The van der Waals surface area contributed by atoms with Crippen LogP contribution in [0.3, 0.4) is 0 Å². The van der Waals surface area contributed by atoms with Crippen LogP contribution in [-0.4, -0.2) is 58.4 Å². The maximum absolute atomic E-state index is 13.0. The normalized spacial score (nSPS) is 18.1. The Kier molecular flexibility index (Phi) is 6.99. The van der Waals surface area contributed by atoms with E-state index in [0.29, 0.717) is 31.5 Å². The third-order valence-corrected chi connectivity index (χ3v) is 5.24. The molecule has 0 spiro atoms. The van der Waals surface area contributed by atoms with Crippen molar-refractivity contribution in [2.24, 2.45) is 5.92 Å². The lowest BCUT2D eigenvalue weighted by atomic mass is 9.94. The molecule has 0 bridgehead atoms. The molecule has 6 nitrogen and oxygen atoms in total. The number of hydrogen-bond donors (Lipinski definition) is 1. The molecule has 0 aromatic heterocycles. The Balaban J connectivity index is 2.14. The number of likely N-dealkylation sites (tertiary alicyclic amines) is 1. The number of hydrogen-bond acceptors (Lipinski definition) is 3. The van der Waals surface area contributed by atoms with Gasteiger partial charge >= 0.3 is 5.97 Å². The van der Waals surface area contributed by atoms with Crippen LogP contribution in [0.25, 0.3) is 0 Å². The van der Waals surface area contributed by atoms with Gasteiger partial charge in [0.2, 0.25) is 5.91 Å². The Labute approximate surface area is 161 Å². The average Bonchev–Trinajstić information content (AvgIpc) is 2.63. The predicted molar refractivity (Wildman–Crippen MR) is 104 cm³/mol. The number of amides is 2. The Bertz CT molecular complexity index is 696. The number of benzene rings is 1. The lowest BCUT2D eigenvalue weighted by Gasteiger charge is -2.36. The fraction of sp³-hybridized carbons (Fsp3) is 0.571. The third-order valence-electron chi connectivity index (χ3n) is 5.24. The van der Waals surface area contributed by atoms with Crippen molar-refractivity contribution < 1.29 is 19.5 Å². The third kappa shape index (κ3) is 5.31. The van der Waals surface area contributed by atoms with E-state index in [1.165, 1.54) is 4.90 Å². The molecule has 1 aliphatic heterocycles. The first-order valence-electron chi connectivity index (χ1n) is 9.62. The van der Waals surface area contributed by atoms with Crippen molar-refractivity contribution in [1.29, 1.82) is 0 Å². The molecule has 0 saturated carbocycles. The van der Waals surface area contributed by atoms with E-state index in [1.807, 2.05) is 45.9 Å². The highest BCUT2D eigenvalue weighted by molar-refractivity contribution is 5.95. The van der Waals surface area contributed by atoms with Crippen molar-refractivity contribution in [2.75, 3.05) is 19.6 Å². The number of carboxylic acid groups (broad SMARTS) is 1. The molecule has 0 aliphatic carbocycles. The molecular formula is C21H30N2O4. The summed E-state index contributed by atoms with van der Waals surface area (Å²) in [7, 11) is 0. The van der Waals surface area contributed by atoms with Crippen LogP contribution in [-0.2, 0) is 9.59 Å². The van der Waals surface area contributed by atoms with Gasteiger partial charge in [0.05, 0.1) is 5.92 Å². The van der Waals surface area contributed by atoms with Gasteiger partial charge in [-0.25, -0.2) is 0 Å². The topological polar surface area (TPSA) is 77.9 Å². The zero-order chi connectivity index (χ0) is 20.1. The number of carboxylic acids is 1. The number of piperidine rings is 1. The quantitative estimate of drug-likeness (QED) is 0.830. The van der Waals surface area contributed by atoms with Crippen molar-refractivity contribution in [1.82, 2.24) is 9.80 Å². The molecule has 2 amide bonds. The molecule has 0 radical (unpaired) electrons. The highest BCUT2D eigenvalue weighted by atomic mass is 16.4. The Morgan fingerprint density at radius 3 is 2.41 bits per heavy atom. The fourth-order valence-corrected chi connectivity index (χ4v) is 3.70. The zero-order valence-electron chi connectivity index (χ0n) is 16.7. The van der Waals surface area contributed by atoms with E-state index in [4.69, 9.17) is 5.11 Å². The molecule has 27 heavy (non-hydrogen) atoms. The van der Waals surface area contributed by atoms with Crippen molar-refractivity contribution in [2.45, 2.75) is 53.0 Å². The van der Waals surface area contributed by atoms with E-state index >= 15 is 0 Å². The molecule has 1 aromatic carbocycles. The highest BCUT2D eigenvalue weighted by Gasteiger charge is 2.33. The summed E-state index contributed by atoms with van der Waals surface area (Å²) in [6, 6.07) is 5.63. The van der Waals surface area contributed by atoms with Gasteiger partial charge in [-0.3, -0.25) is 14.4 Å². The minimum absolute atomic E-state index is 0.0624. The summed E-state index contributed by atoms with van der Waals surface area (Å²) in [6.07, 6.45) is 2.12. The van der Waals surface area contributed by atoms with E-state index in [0.717, 1.165) is 17.5 Å². The van der Waals surface area contributed by atoms with Gasteiger partial charge in [0.15, 0.2) is 0 Å². The molecule has 1 aromatic rings. The van der Waals surface area contributed by atoms with Crippen LogP contribution in [0.5, 0.6) is 0 Å². The molecule has 2 atom stereocenters. The van der Waals surface area contributed by atoms with Gasteiger partial charge in [0.25, 0.3) is 5.91 Å². The van der Waals surface area contributed by atoms with Crippen molar-refractivity contribution >= 4 is 17.8 Å². The van der Waals surface area contributed by atoms with Crippen LogP contribution in [0, 0.1) is 19.8 Å². The fourth-order valence-electron chi connectivity index (χ4n) is 3.70. The molecule has 148 valence electrons. The van der Waals surface area contributed by atoms with E-state index < -0.39 is 5.97 Å². The first kappa shape index (κ1) is 20.9. The van der Waals surface area contributed by atoms with Gasteiger partial charge in [0, 0.05) is 24.7 Å². The van der Waals surface area contributed by atoms with Gasteiger partial charge in [-0.1, -0.05) is 24.1 Å². The van der Waals surface area contributed by atoms with Crippen LogP contribution < -0.4 is 0 Å². The van der Waals surface area contributed by atoms with Gasteiger partial charge in [-0.15, -0.1) is 0 Å². The van der Waals surface area contributed by atoms with Crippen LogP contribution in [0.1, 0.15) is 54.6 Å². The minimum atomic E-state index is -1.01. The van der Waals surface area contributed by atoms with E-state index in [9.17, 15) is 14.4 Å². The van der Waals surface area contributed by atoms with Crippen molar-refractivity contribution in [3.63, 3.8) is 0 Å². The number of carbonyl (C=O) groups excluding carboxylic acids is 2. The molecule has 1 aliphatic rings. The minimum Gasteiger partial charge on any atom is -0.480 e. The number of carbonyl (C=O) groups is 3. The van der Waals surface area contributed by atoms with Crippen molar-refractivity contribution in [3.05, 3.63) is 34.9 Å². The van der Waals surface area contributed by atoms with Crippen molar-refractivity contribution in [3.8, 4) is 0 Å².